The molecule has 154 valence electrons. The molecule has 0 bridgehead atoms. The number of nitrogens with zero attached hydrogens (tertiary/aromatic N) is 2. The third-order valence-corrected chi connectivity index (χ3v) is 4.82. The van der Waals surface area contributed by atoms with Crippen molar-refractivity contribution in [3.63, 3.8) is 0 Å². The molecule has 1 aliphatic rings. The number of carboxylic acids is 1. The Morgan fingerprint density at radius 3 is 2.40 bits per heavy atom. The standard InChI is InChI=1S/C21H16F3N3O3/c22-21(23,24)14-2-1-3-16(10-14)27-18(12-4-5-12)17(11-25-27)19(28)26-15-8-6-13(7-9-15)20(29)30/h1-3,6-12H,4-5H2,(H,26,28)(H,29,30). The van der Waals surface area contributed by atoms with Gasteiger partial charge in [0.05, 0.1) is 34.3 Å². The summed E-state index contributed by atoms with van der Waals surface area (Å²) in [4.78, 5) is 23.7. The number of carboxylic acid groups (broad SMARTS) is 1. The van der Waals surface area contributed by atoms with Gasteiger partial charge in [-0.1, -0.05) is 6.07 Å². The number of anilines is 1. The summed E-state index contributed by atoms with van der Waals surface area (Å²) >= 11 is 0. The molecule has 1 saturated carbocycles. The normalized spacial score (nSPS) is 13.8. The number of carbonyl (C=O) groups excluding carboxylic acids is 1. The molecule has 0 spiro atoms. The molecule has 1 aromatic heterocycles. The van der Waals surface area contributed by atoms with E-state index < -0.39 is 23.6 Å². The second kappa shape index (κ2) is 7.33. The van der Waals surface area contributed by atoms with Gasteiger partial charge in [0.1, 0.15) is 0 Å². The lowest BCUT2D eigenvalue weighted by Crippen LogP contribution is -2.14. The van der Waals surface area contributed by atoms with Gasteiger partial charge in [-0.15, -0.1) is 0 Å². The minimum absolute atomic E-state index is 0.0391. The molecular weight excluding hydrogens is 399 g/mol. The van der Waals surface area contributed by atoms with Crippen LogP contribution < -0.4 is 5.32 Å². The van der Waals surface area contributed by atoms with E-state index in [0.29, 0.717) is 11.4 Å². The SMILES string of the molecule is O=C(O)c1ccc(NC(=O)c2cnn(-c3cccc(C(F)(F)F)c3)c2C2CC2)cc1. The second-order valence-corrected chi connectivity index (χ2v) is 7.01. The van der Waals surface area contributed by atoms with Gasteiger partial charge in [-0.05, 0) is 55.3 Å². The highest BCUT2D eigenvalue weighted by Crippen LogP contribution is 2.43. The Labute approximate surface area is 169 Å². The minimum atomic E-state index is -4.48. The molecule has 0 radical (unpaired) electrons. The summed E-state index contributed by atoms with van der Waals surface area (Å²) in [6.45, 7) is 0. The van der Waals surface area contributed by atoms with Crippen molar-refractivity contribution in [3.8, 4) is 5.69 Å². The first-order valence-corrected chi connectivity index (χ1v) is 9.14. The van der Waals surface area contributed by atoms with E-state index in [4.69, 9.17) is 5.11 Å². The molecule has 1 amide bonds. The smallest absolute Gasteiger partial charge is 0.416 e. The third kappa shape index (κ3) is 3.91. The summed E-state index contributed by atoms with van der Waals surface area (Å²) in [6, 6.07) is 10.5. The molecule has 0 saturated heterocycles. The molecule has 0 aliphatic heterocycles. The van der Waals surface area contributed by atoms with Crippen molar-refractivity contribution in [1.82, 2.24) is 9.78 Å². The van der Waals surface area contributed by atoms with Crippen molar-refractivity contribution in [2.45, 2.75) is 24.9 Å². The van der Waals surface area contributed by atoms with Crippen LogP contribution in [0.5, 0.6) is 0 Å². The van der Waals surface area contributed by atoms with Crippen molar-refractivity contribution in [2.24, 2.45) is 0 Å². The average Bonchev–Trinajstić information content (AvgIpc) is 3.45. The number of rotatable bonds is 5. The zero-order valence-electron chi connectivity index (χ0n) is 15.5. The fourth-order valence-electron chi connectivity index (χ4n) is 3.20. The quantitative estimate of drug-likeness (QED) is 0.632. The second-order valence-electron chi connectivity index (χ2n) is 7.01. The molecule has 1 fully saturated rings. The van der Waals surface area contributed by atoms with E-state index in [-0.39, 0.29) is 22.7 Å². The number of hydrogen-bond donors (Lipinski definition) is 2. The van der Waals surface area contributed by atoms with Crippen LogP contribution in [-0.2, 0) is 6.18 Å². The number of benzene rings is 2. The lowest BCUT2D eigenvalue weighted by molar-refractivity contribution is -0.137. The van der Waals surface area contributed by atoms with Gasteiger partial charge in [0.15, 0.2) is 0 Å². The summed E-state index contributed by atoms with van der Waals surface area (Å²) in [5.41, 5.74) is 0.771. The molecule has 2 N–H and O–H groups in total. The van der Waals surface area contributed by atoms with Crippen LogP contribution in [-0.4, -0.2) is 26.8 Å². The van der Waals surface area contributed by atoms with Crippen LogP contribution in [0.3, 0.4) is 0 Å². The summed E-state index contributed by atoms with van der Waals surface area (Å²) in [7, 11) is 0. The van der Waals surface area contributed by atoms with E-state index in [1.165, 1.54) is 47.3 Å². The number of alkyl halides is 3. The average molecular weight is 415 g/mol. The van der Waals surface area contributed by atoms with Crippen LogP contribution in [0.4, 0.5) is 18.9 Å². The highest BCUT2D eigenvalue weighted by molar-refractivity contribution is 6.05. The van der Waals surface area contributed by atoms with Crippen molar-refractivity contribution < 1.29 is 27.9 Å². The molecule has 6 nitrogen and oxygen atoms in total. The Bertz CT molecular complexity index is 1120. The first-order chi connectivity index (χ1) is 14.2. The molecule has 9 heteroatoms. The van der Waals surface area contributed by atoms with Gasteiger partial charge in [0, 0.05) is 11.6 Å². The first-order valence-electron chi connectivity index (χ1n) is 9.14. The van der Waals surface area contributed by atoms with E-state index >= 15 is 0 Å². The van der Waals surface area contributed by atoms with Crippen molar-refractivity contribution in [3.05, 3.63) is 77.1 Å². The van der Waals surface area contributed by atoms with Crippen LogP contribution in [0.25, 0.3) is 5.69 Å². The Balaban J connectivity index is 1.65. The van der Waals surface area contributed by atoms with Gasteiger partial charge in [0.25, 0.3) is 5.91 Å². The Morgan fingerprint density at radius 2 is 1.80 bits per heavy atom. The zero-order valence-corrected chi connectivity index (χ0v) is 15.5. The van der Waals surface area contributed by atoms with Gasteiger partial charge >= 0.3 is 12.1 Å². The summed E-state index contributed by atoms with van der Waals surface area (Å²) in [5.74, 6) is -1.50. The van der Waals surface area contributed by atoms with Crippen LogP contribution in [0, 0.1) is 0 Å². The molecule has 0 unspecified atom stereocenters. The molecule has 30 heavy (non-hydrogen) atoms. The minimum Gasteiger partial charge on any atom is -0.478 e. The van der Waals surface area contributed by atoms with Gasteiger partial charge < -0.3 is 10.4 Å². The van der Waals surface area contributed by atoms with Gasteiger partial charge in [-0.3, -0.25) is 4.79 Å². The highest BCUT2D eigenvalue weighted by atomic mass is 19.4. The number of aromatic nitrogens is 2. The van der Waals surface area contributed by atoms with Gasteiger partial charge in [-0.2, -0.15) is 18.3 Å². The Hall–Kier alpha value is -3.62. The van der Waals surface area contributed by atoms with Crippen LogP contribution in [0.1, 0.15) is 50.7 Å². The number of nitrogens with one attached hydrogen (secondary N) is 1. The molecule has 2 aromatic carbocycles. The largest absolute Gasteiger partial charge is 0.478 e. The number of aromatic carboxylic acids is 1. The molecular formula is C21H16F3N3O3. The molecule has 0 atom stereocenters. The van der Waals surface area contributed by atoms with Crippen LogP contribution >= 0.6 is 0 Å². The zero-order chi connectivity index (χ0) is 21.5. The van der Waals surface area contributed by atoms with Crippen LogP contribution in [0.15, 0.2) is 54.7 Å². The number of hydrogen-bond acceptors (Lipinski definition) is 3. The lowest BCUT2D eigenvalue weighted by atomic mass is 10.1. The van der Waals surface area contributed by atoms with Gasteiger partial charge in [0.2, 0.25) is 0 Å². The summed E-state index contributed by atoms with van der Waals surface area (Å²) < 4.78 is 40.6. The summed E-state index contributed by atoms with van der Waals surface area (Å²) in [6.07, 6.45) is -1.50. The lowest BCUT2D eigenvalue weighted by Gasteiger charge is -2.12. The van der Waals surface area contributed by atoms with Crippen molar-refractivity contribution in [2.75, 3.05) is 5.32 Å². The highest BCUT2D eigenvalue weighted by Gasteiger charge is 2.34. The number of carbonyl (C=O) groups is 2. The maximum atomic E-state index is 13.1. The predicted octanol–water partition coefficient (Wildman–Crippen LogP) is 4.72. The van der Waals surface area contributed by atoms with E-state index in [9.17, 15) is 22.8 Å². The van der Waals surface area contributed by atoms with Gasteiger partial charge in [-0.25, -0.2) is 9.48 Å². The van der Waals surface area contributed by atoms with E-state index in [2.05, 4.69) is 10.4 Å². The molecule has 4 rings (SSSR count). The summed E-state index contributed by atoms with van der Waals surface area (Å²) in [5, 5.41) is 15.8. The maximum Gasteiger partial charge on any atom is 0.416 e. The first kappa shape index (κ1) is 19.7. The van der Waals surface area contributed by atoms with Crippen molar-refractivity contribution in [1.29, 1.82) is 0 Å². The fourth-order valence-corrected chi connectivity index (χ4v) is 3.20. The predicted molar refractivity (Wildman–Crippen MR) is 102 cm³/mol. The fraction of sp³-hybridized carbons (Fsp3) is 0.190. The monoisotopic (exact) mass is 415 g/mol. The number of amides is 1. The topological polar surface area (TPSA) is 84.2 Å². The van der Waals surface area contributed by atoms with E-state index in [0.717, 1.165) is 25.0 Å². The Kier molecular flexibility index (Phi) is 4.81. The van der Waals surface area contributed by atoms with Crippen molar-refractivity contribution >= 4 is 17.6 Å². The maximum absolute atomic E-state index is 13.1. The Morgan fingerprint density at radius 1 is 1.10 bits per heavy atom. The van der Waals surface area contributed by atoms with Crippen LogP contribution in [0.2, 0.25) is 0 Å². The molecule has 1 heterocycles. The molecule has 1 aliphatic carbocycles. The van der Waals surface area contributed by atoms with E-state index in [1.54, 1.807) is 0 Å². The van der Waals surface area contributed by atoms with E-state index in [1.807, 2.05) is 0 Å². The number of halogens is 3. The third-order valence-electron chi connectivity index (χ3n) is 4.82. The molecule has 3 aromatic rings.